The van der Waals surface area contributed by atoms with Gasteiger partial charge >= 0.3 is 0 Å². The Hall–Kier alpha value is -2.80. The molecule has 0 amide bonds. The van der Waals surface area contributed by atoms with Gasteiger partial charge in [0, 0.05) is 43.2 Å². The first kappa shape index (κ1) is 19.5. The van der Waals surface area contributed by atoms with Gasteiger partial charge in [0.2, 0.25) is 5.95 Å². The Morgan fingerprint density at radius 3 is 2.79 bits per heavy atom. The molecule has 1 aliphatic rings. The fourth-order valence-electron chi connectivity index (χ4n) is 3.84. The van der Waals surface area contributed by atoms with Crippen molar-refractivity contribution in [1.82, 2.24) is 18.6 Å². The summed E-state index contributed by atoms with van der Waals surface area (Å²) in [7, 11) is -0.599. The fourth-order valence-corrected chi connectivity index (χ4v) is 4.64. The Bertz CT molecular complexity index is 1240. The number of rotatable bonds is 5. The zero-order chi connectivity index (χ0) is 20.8. The number of aromatic nitrogens is 2. The summed E-state index contributed by atoms with van der Waals surface area (Å²) in [6.45, 7) is 0.364. The smallest absolute Gasteiger partial charge is 0.279 e. The quantitative estimate of drug-likeness (QED) is 0.648. The van der Waals surface area contributed by atoms with E-state index in [9.17, 15) is 18.1 Å². The number of nitrogens with zero attached hydrogens (tertiary/aromatic N) is 4. The van der Waals surface area contributed by atoms with E-state index in [4.69, 9.17) is 0 Å². The zero-order valence-electron chi connectivity index (χ0n) is 16.1. The Morgan fingerprint density at radius 1 is 1.31 bits per heavy atom. The van der Waals surface area contributed by atoms with Crippen LogP contribution in [0.15, 0.2) is 36.4 Å². The van der Waals surface area contributed by atoms with Crippen molar-refractivity contribution in [2.75, 3.05) is 14.1 Å². The summed E-state index contributed by atoms with van der Waals surface area (Å²) in [5.41, 5.74) is 4.03. The molecular weight excluding hydrogens is 393 g/mol. The first-order valence-corrected chi connectivity index (χ1v) is 10.6. The monoisotopic (exact) mass is 413 g/mol. The summed E-state index contributed by atoms with van der Waals surface area (Å²) >= 11 is 0. The molecule has 2 heterocycles. The Balaban J connectivity index is 1.77. The van der Waals surface area contributed by atoms with Crippen molar-refractivity contribution in [1.29, 1.82) is 5.26 Å². The molecule has 4 rings (SSSR count). The standard InChI is InChI=1S/C20H20FN5O2S/c1-25(2)29(27,28)24-15-9-17-16-8-13(11-22)6-7-18(16)26(19(17)10-15)12-14-4-3-5-20(21)23-14/h3-8,15,24H,9-10,12H2,1-2H3/t15-/m0/s1. The predicted molar refractivity (Wildman–Crippen MR) is 107 cm³/mol. The van der Waals surface area contributed by atoms with Gasteiger partial charge in [-0.15, -0.1) is 0 Å². The van der Waals surface area contributed by atoms with E-state index in [1.807, 2.05) is 16.7 Å². The molecule has 0 aliphatic heterocycles. The van der Waals surface area contributed by atoms with Crippen molar-refractivity contribution in [3.05, 3.63) is 64.9 Å². The average Bonchev–Trinajstić information content (AvgIpc) is 3.19. The number of halogens is 1. The van der Waals surface area contributed by atoms with E-state index in [2.05, 4.69) is 15.8 Å². The molecule has 29 heavy (non-hydrogen) atoms. The minimum absolute atomic E-state index is 0.283. The SMILES string of the molecule is CN(C)S(=O)(=O)N[C@H]1Cc2c(n(Cc3cccc(F)n3)c3ccc(C#N)cc23)C1. The fraction of sp³-hybridized carbons (Fsp3) is 0.300. The number of fused-ring (bicyclic) bond motifs is 3. The van der Waals surface area contributed by atoms with Crippen LogP contribution in [-0.4, -0.2) is 42.4 Å². The second-order valence-corrected chi connectivity index (χ2v) is 9.23. The molecule has 1 atom stereocenters. The molecule has 0 spiro atoms. The summed E-state index contributed by atoms with van der Waals surface area (Å²) in [6.07, 6.45) is 1.03. The van der Waals surface area contributed by atoms with Crippen molar-refractivity contribution >= 4 is 21.1 Å². The Morgan fingerprint density at radius 2 is 2.10 bits per heavy atom. The van der Waals surface area contributed by atoms with E-state index in [-0.39, 0.29) is 6.04 Å². The van der Waals surface area contributed by atoms with Crippen molar-refractivity contribution in [3.63, 3.8) is 0 Å². The van der Waals surface area contributed by atoms with Gasteiger partial charge in [0.05, 0.1) is 23.9 Å². The lowest BCUT2D eigenvalue weighted by Gasteiger charge is -2.18. The Labute approximate surface area is 168 Å². The van der Waals surface area contributed by atoms with Crippen LogP contribution in [-0.2, 0) is 29.6 Å². The molecule has 1 N–H and O–H groups in total. The van der Waals surface area contributed by atoms with Crippen LogP contribution in [0, 0.1) is 17.3 Å². The summed E-state index contributed by atoms with van der Waals surface area (Å²) in [5.74, 6) is -0.543. The highest BCUT2D eigenvalue weighted by Crippen LogP contribution is 2.34. The van der Waals surface area contributed by atoms with Gasteiger partial charge in [-0.05, 0) is 42.3 Å². The molecule has 2 aromatic heterocycles. The molecule has 1 aromatic carbocycles. The summed E-state index contributed by atoms with van der Waals surface area (Å²) in [6, 6.07) is 12.0. The van der Waals surface area contributed by atoms with Gasteiger partial charge in [-0.25, -0.2) is 4.98 Å². The first-order chi connectivity index (χ1) is 13.8. The maximum absolute atomic E-state index is 13.6. The topological polar surface area (TPSA) is 91.0 Å². The molecule has 3 aromatic rings. The van der Waals surface area contributed by atoms with E-state index < -0.39 is 16.2 Å². The summed E-state index contributed by atoms with van der Waals surface area (Å²) in [4.78, 5) is 3.96. The van der Waals surface area contributed by atoms with Gasteiger partial charge in [0.15, 0.2) is 0 Å². The van der Waals surface area contributed by atoms with Crippen LogP contribution in [0.2, 0.25) is 0 Å². The van der Waals surface area contributed by atoms with Crippen molar-refractivity contribution < 1.29 is 12.8 Å². The highest BCUT2D eigenvalue weighted by molar-refractivity contribution is 7.87. The van der Waals surface area contributed by atoms with Crippen molar-refractivity contribution in [3.8, 4) is 6.07 Å². The first-order valence-electron chi connectivity index (χ1n) is 9.14. The summed E-state index contributed by atoms with van der Waals surface area (Å²) in [5, 5.41) is 10.2. The maximum Gasteiger partial charge on any atom is 0.279 e. The van der Waals surface area contributed by atoms with E-state index in [0.29, 0.717) is 30.6 Å². The number of hydrogen-bond donors (Lipinski definition) is 1. The Kier molecular flexibility index (Phi) is 4.86. The third-order valence-electron chi connectivity index (χ3n) is 5.20. The molecular formula is C20H20FN5O2S. The molecule has 0 fully saturated rings. The van der Waals surface area contributed by atoms with Crippen LogP contribution in [0.5, 0.6) is 0 Å². The predicted octanol–water partition coefficient (Wildman–Crippen LogP) is 1.96. The molecule has 150 valence electrons. The number of nitriles is 1. The van der Waals surface area contributed by atoms with Gasteiger partial charge in [0.25, 0.3) is 10.2 Å². The third-order valence-corrected chi connectivity index (χ3v) is 6.79. The van der Waals surface area contributed by atoms with E-state index in [1.165, 1.54) is 20.2 Å². The third kappa shape index (κ3) is 3.62. The lowest BCUT2D eigenvalue weighted by Crippen LogP contribution is -2.42. The average molecular weight is 413 g/mol. The van der Waals surface area contributed by atoms with Gasteiger partial charge in [0.1, 0.15) is 0 Å². The molecule has 0 radical (unpaired) electrons. The van der Waals surface area contributed by atoms with Crippen molar-refractivity contribution in [2.45, 2.75) is 25.4 Å². The van der Waals surface area contributed by atoms with Crippen LogP contribution in [0.1, 0.15) is 22.5 Å². The maximum atomic E-state index is 13.6. The van der Waals surface area contributed by atoms with E-state index >= 15 is 0 Å². The zero-order valence-corrected chi connectivity index (χ0v) is 16.9. The second kappa shape index (κ2) is 7.22. The highest BCUT2D eigenvalue weighted by Gasteiger charge is 2.31. The molecule has 0 bridgehead atoms. The molecule has 1 aliphatic carbocycles. The lowest BCUT2D eigenvalue weighted by atomic mass is 10.1. The number of benzene rings is 1. The highest BCUT2D eigenvalue weighted by atomic mass is 32.2. The molecule has 0 saturated heterocycles. The van der Waals surface area contributed by atoms with Gasteiger partial charge in [-0.3, -0.25) is 0 Å². The minimum Gasteiger partial charge on any atom is -0.338 e. The second-order valence-electron chi connectivity index (χ2n) is 7.32. The van der Waals surface area contributed by atoms with E-state index in [1.54, 1.807) is 18.2 Å². The largest absolute Gasteiger partial charge is 0.338 e. The van der Waals surface area contributed by atoms with Crippen LogP contribution in [0.4, 0.5) is 4.39 Å². The van der Waals surface area contributed by atoms with E-state index in [0.717, 1.165) is 26.5 Å². The van der Waals surface area contributed by atoms with Crippen LogP contribution < -0.4 is 4.72 Å². The molecule has 9 heteroatoms. The van der Waals surface area contributed by atoms with Gasteiger partial charge in [-0.1, -0.05) is 6.07 Å². The van der Waals surface area contributed by atoms with Gasteiger partial charge < -0.3 is 4.57 Å². The number of nitrogens with one attached hydrogen (secondary N) is 1. The molecule has 0 unspecified atom stereocenters. The van der Waals surface area contributed by atoms with Crippen molar-refractivity contribution in [2.24, 2.45) is 0 Å². The van der Waals surface area contributed by atoms with Crippen LogP contribution in [0.25, 0.3) is 10.9 Å². The lowest BCUT2D eigenvalue weighted by molar-refractivity contribution is 0.487. The minimum atomic E-state index is -3.56. The number of hydrogen-bond acceptors (Lipinski definition) is 4. The normalized spacial score (nSPS) is 16.3. The van der Waals surface area contributed by atoms with Gasteiger partial charge in [-0.2, -0.15) is 27.1 Å². The van der Waals surface area contributed by atoms with Crippen LogP contribution in [0.3, 0.4) is 0 Å². The molecule has 7 nitrogen and oxygen atoms in total. The summed E-state index contributed by atoms with van der Waals surface area (Å²) < 4.78 is 44.0. The number of pyridine rings is 1. The molecule has 0 saturated carbocycles. The van der Waals surface area contributed by atoms with Crippen LogP contribution >= 0.6 is 0 Å².